The highest BCUT2D eigenvalue weighted by Crippen LogP contribution is 2.50. The first-order valence-electron chi connectivity index (χ1n) is 14.7. The van der Waals surface area contributed by atoms with E-state index in [4.69, 9.17) is 54.2 Å². The number of piperazine rings is 1. The summed E-state index contributed by atoms with van der Waals surface area (Å²) in [5.41, 5.74) is 1.05. The number of likely N-dealkylation sites (N-methyl/N-ethyl adjacent to an activating group) is 1. The zero-order valence-corrected chi connectivity index (χ0v) is 26.9. The van der Waals surface area contributed by atoms with Gasteiger partial charge in [-0.2, -0.15) is 15.2 Å². The highest BCUT2D eigenvalue weighted by atomic mass is 35.5. The summed E-state index contributed by atoms with van der Waals surface area (Å²) in [5, 5.41) is 13.5. The number of amides is 1. The molecule has 0 bridgehead atoms. The van der Waals surface area contributed by atoms with E-state index in [1.807, 2.05) is 4.90 Å². The molecule has 3 aromatic rings. The second-order valence-electron chi connectivity index (χ2n) is 11.3. The lowest BCUT2D eigenvalue weighted by Crippen LogP contribution is -2.55. The summed E-state index contributed by atoms with van der Waals surface area (Å²) >= 11 is 19.7. The first-order chi connectivity index (χ1) is 21.7. The minimum absolute atomic E-state index is 0.0787. The van der Waals surface area contributed by atoms with Crippen LogP contribution in [0.2, 0.25) is 15.1 Å². The van der Waals surface area contributed by atoms with Gasteiger partial charge in [0.15, 0.2) is 11.6 Å². The Balaban J connectivity index is 1.53. The molecule has 4 heterocycles. The topological polar surface area (TPSA) is 107 Å². The number of benzene rings is 2. The summed E-state index contributed by atoms with van der Waals surface area (Å²) < 4.78 is 28.3. The molecule has 14 heteroatoms. The summed E-state index contributed by atoms with van der Waals surface area (Å²) in [6, 6.07) is 5.14. The van der Waals surface area contributed by atoms with Crippen LogP contribution in [0.1, 0.15) is 19.3 Å². The zero-order chi connectivity index (χ0) is 31.8. The third-order valence-corrected chi connectivity index (χ3v) is 9.44. The van der Waals surface area contributed by atoms with Crippen LogP contribution in [0.4, 0.5) is 15.9 Å². The van der Waals surface area contributed by atoms with Crippen LogP contribution in [0, 0.1) is 17.1 Å². The Morgan fingerprint density at radius 3 is 2.76 bits per heavy atom. The normalized spacial score (nSPS) is 19.9. The molecular weight excluding hydrogens is 644 g/mol. The van der Waals surface area contributed by atoms with Crippen molar-refractivity contribution < 1.29 is 18.7 Å². The lowest BCUT2D eigenvalue weighted by Gasteiger charge is -2.41. The van der Waals surface area contributed by atoms with Gasteiger partial charge >= 0.3 is 6.01 Å². The van der Waals surface area contributed by atoms with Gasteiger partial charge < -0.3 is 29.5 Å². The van der Waals surface area contributed by atoms with Gasteiger partial charge in [0.05, 0.1) is 39.3 Å². The fourth-order valence-corrected chi connectivity index (χ4v) is 7.10. The lowest BCUT2D eigenvalue weighted by molar-refractivity contribution is -0.128. The second-order valence-corrected chi connectivity index (χ2v) is 12.5. The first kappa shape index (κ1) is 31.4. The van der Waals surface area contributed by atoms with E-state index in [9.17, 15) is 10.1 Å². The smallest absolute Gasteiger partial charge is 0.319 e. The van der Waals surface area contributed by atoms with Gasteiger partial charge in [-0.1, -0.05) is 41.4 Å². The Morgan fingerprint density at radius 2 is 2.02 bits per heavy atom. The van der Waals surface area contributed by atoms with E-state index in [-0.39, 0.29) is 62.9 Å². The van der Waals surface area contributed by atoms with Crippen molar-refractivity contribution in [2.75, 3.05) is 63.2 Å². The van der Waals surface area contributed by atoms with Crippen LogP contribution in [-0.4, -0.2) is 90.7 Å². The summed E-state index contributed by atoms with van der Waals surface area (Å²) in [7, 11) is 2.06. The Kier molecular flexibility index (Phi) is 9.11. The van der Waals surface area contributed by atoms with Crippen molar-refractivity contribution in [3.05, 3.63) is 45.7 Å². The maximum atomic E-state index is 15.8. The molecule has 2 atom stereocenters. The molecule has 1 amide bonds. The van der Waals surface area contributed by atoms with E-state index >= 15 is 4.39 Å². The third kappa shape index (κ3) is 5.92. The van der Waals surface area contributed by atoms with Crippen molar-refractivity contribution in [3.63, 3.8) is 0 Å². The van der Waals surface area contributed by atoms with Gasteiger partial charge in [0.1, 0.15) is 24.5 Å². The minimum atomic E-state index is -0.700. The molecule has 2 unspecified atom stereocenters. The van der Waals surface area contributed by atoms with Gasteiger partial charge in [-0.3, -0.25) is 4.79 Å². The highest BCUT2D eigenvalue weighted by molar-refractivity contribution is 6.39. The molecule has 0 spiro atoms. The molecule has 6 rings (SSSR count). The maximum absolute atomic E-state index is 15.8. The maximum Gasteiger partial charge on any atom is 0.319 e. The number of nitrogens with one attached hydrogen (secondary N) is 1. The van der Waals surface area contributed by atoms with Crippen LogP contribution in [0.15, 0.2) is 24.8 Å². The van der Waals surface area contributed by atoms with Gasteiger partial charge in [0.2, 0.25) is 5.91 Å². The fourth-order valence-electron chi connectivity index (χ4n) is 6.28. The minimum Gasteiger partial charge on any atom is -0.489 e. The molecule has 0 saturated carbocycles. The van der Waals surface area contributed by atoms with Crippen molar-refractivity contribution in [3.8, 4) is 29.0 Å². The monoisotopic (exact) mass is 673 g/mol. The SMILES string of the molecule is C=CC(=O)N1CCN(c2nc(OCC3CCCN3C)nc3c4c(c(Cl)cc23)-c2c(F)c(Cl)cc(Cl)c2NCCO4)CC1CC#N. The molecule has 3 aliphatic heterocycles. The number of hydrogen-bond donors (Lipinski definition) is 1. The number of carbonyl (C=O) groups is 1. The van der Waals surface area contributed by atoms with E-state index in [2.05, 4.69) is 29.9 Å². The molecule has 0 aliphatic carbocycles. The molecule has 0 radical (unpaired) electrons. The first-order valence-corrected chi connectivity index (χ1v) is 15.8. The van der Waals surface area contributed by atoms with E-state index < -0.39 is 11.9 Å². The molecule has 3 aliphatic rings. The van der Waals surface area contributed by atoms with Crippen molar-refractivity contribution in [2.45, 2.75) is 31.3 Å². The van der Waals surface area contributed by atoms with Crippen LogP contribution in [0.25, 0.3) is 22.0 Å². The summed E-state index contributed by atoms with van der Waals surface area (Å²) in [5.74, 6) is -0.190. The number of hydrogen-bond acceptors (Lipinski definition) is 9. The van der Waals surface area contributed by atoms with E-state index in [0.717, 1.165) is 19.4 Å². The number of anilines is 2. The Hall–Kier alpha value is -3.56. The molecule has 2 fully saturated rings. The van der Waals surface area contributed by atoms with Crippen LogP contribution in [-0.2, 0) is 4.79 Å². The predicted octanol–water partition coefficient (Wildman–Crippen LogP) is 5.79. The highest BCUT2D eigenvalue weighted by Gasteiger charge is 2.34. The Bertz CT molecular complexity index is 1720. The van der Waals surface area contributed by atoms with Gasteiger partial charge in [0, 0.05) is 48.7 Å². The second kappa shape index (κ2) is 13.0. The van der Waals surface area contributed by atoms with Gasteiger partial charge in [-0.25, -0.2) is 4.39 Å². The molecule has 2 saturated heterocycles. The zero-order valence-electron chi connectivity index (χ0n) is 24.6. The number of likely N-dealkylation sites (tertiary alicyclic amines) is 1. The number of halogens is 4. The quantitative estimate of drug-likeness (QED) is 0.257. The number of nitriles is 1. The number of ether oxygens (including phenoxy) is 2. The predicted molar refractivity (Wildman–Crippen MR) is 173 cm³/mol. The average Bonchev–Trinajstić information content (AvgIpc) is 3.43. The van der Waals surface area contributed by atoms with Crippen LogP contribution >= 0.6 is 34.8 Å². The van der Waals surface area contributed by atoms with Gasteiger partial charge in [-0.15, -0.1) is 0 Å². The fraction of sp³-hybridized carbons (Fsp3) is 0.419. The van der Waals surface area contributed by atoms with Crippen molar-refractivity contribution in [1.82, 2.24) is 19.8 Å². The molecule has 10 nitrogen and oxygen atoms in total. The number of fused-ring (bicyclic) bond motifs is 5. The van der Waals surface area contributed by atoms with Crippen LogP contribution < -0.4 is 19.7 Å². The number of rotatable bonds is 6. The van der Waals surface area contributed by atoms with E-state index in [0.29, 0.717) is 55.2 Å². The van der Waals surface area contributed by atoms with E-state index in [1.54, 1.807) is 11.0 Å². The summed E-state index contributed by atoms with van der Waals surface area (Å²) in [6.45, 7) is 6.60. The largest absolute Gasteiger partial charge is 0.489 e. The lowest BCUT2D eigenvalue weighted by atomic mass is 9.98. The Labute approximate surface area is 275 Å². The molecular formula is C31H31Cl3FN7O3. The van der Waals surface area contributed by atoms with Crippen LogP contribution in [0.5, 0.6) is 11.8 Å². The number of carbonyl (C=O) groups excluding carboxylic acids is 1. The summed E-state index contributed by atoms with van der Waals surface area (Å²) in [4.78, 5) is 28.1. The van der Waals surface area contributed by atoms with Crippen molar-refractivity contribution >= 4 is 63.1 Å². The summed E-state index contributed by atoms with van der Waals surface area (Å²) in [6.07, 6.45) is 3.45. The van der Waals surface area contributed by atoms with E-state index in [1.165, 1.54) is 12.1 Å². The molecule has 2 aromatic carbocycles. The molecule has 1 aromatic heterocycles. The number of nitrogens with zero attached hydrogens (tertiary/aromatic N) is 6. The average molecular weight is 675 g/mol. The molecule has 45 heavy (non-hydrogen) atoms. The Morgan fingerprint density at radius 1 is 1.20 bits per heavy atom. The standard InChI is InChI=1S/C31H31Cl3FN7O3/c1-3-23(43)42-11-10-41(15-17(42)6-7-36)30-19-13-20(32)24-25-26(35)21(33)14-22(34)28(25)37-8-12-44-29(24)27(19)38-31(39-30)45-16-18-5-4-9-40(18)2/h3,13-14,17-18,37H,1,4-6,8-12,15-16H2,2H3. The number of aromatic nitrogens is 2. The molecule has 1 N–H and O–H groups in total. The van der Waals surface area contributed by atoms with Crippen molar-refractivity contribution in [1.29, 1.82) is 5.26 Å². The van der Waals surface area contributed by atoms with Crippen molar-refractivity contribution in [2.24, 2.45) is 0 Å². The third-order valence-electron chi connectivity index (χ3n) is 8.57. The molecule has 236 valence electrons. The van der Waals surface area contributed by atoms with Crippen LogP contribution in [0.3, 0.4) is 0 Å². The van der Waals surface area contributed by atoms with Gasteiger partial charge in [0.25, 0.3) is 0 Å². The van der Waals surface area contributed by atoms with Gasteiger partial charge in [-0.05, 0) is 44.6 Å².